The van der Waals surface area contributed by atoms with Gasteiger partial charge in [-0.1, -0.05) is 106 Å². The van der Waals surface area contributed by atoms with Gasteiger partial charge in [-0.05, 0) is 74.2 Å². The molecule has 1 aliphatic rings. The lowest BCUT2D eigenvalue weighted by molar-refractivity contribution is -0.192. The zero-order valence-corrected chi connectivity index (χ0v) is 56.7. The van der Waals surface area contributed by atoms with Crippen molar-refractivity contribution in [2.75, 3.05) is 19.7 Å². The number of hydrogen-bond acceptors (Lipinski definition) is 20. The summed E-state index contributed by atoms with van der Waals surface area (Å²) in [5.41, 5.74) is 22.7. The van der Waals surface area contributed by atoms with Gasteiger partial charge in [-0.15, -0.1) is 0 Å². The van der Waals surface area contributed by atoms with Gasteiger partial charge in [0.2, 0.25) is 47.3 Å². The van der Waals surface area contributed by atoms with E-state index in [2.05, 4.69) is 42.2 Å². The van der Waals surface area contributed by atoms with E-state index in [-0.39, 0.29) is 74.3 Å². The van der Waals surface area contributed by atoms with Crippen LogP contribution in [0.5, 0.6) is 0 Å². The number of ether oxygens (including phenoxy) is 1. The molecule has 0 saturated carbocycles. The number of primary amides is 1. The number of aliphatic imine (C=N–C) groups is 1. The molecule has 0 aromatic heterocycles. The lowest BCUT2D eigenvalue weighted by atomic mass is 9.86. The number of rotatable bonds is 23. The number of carboxylic acid groups (broad SMARTS) is 1. The van der Waals surface area contributed by atoms with Gasteiger partial charge in [-0.3, -0.25) is 62.5 Å². The summed E-state index contributed by atoms with van der Waals surface area (Å²) in [5, 5.41) is 69.2. The lowest BCUT2D eigenvalue weighted by Crippen LogP contribution is -2.63. The Labute approximate surface area is 561 Å². The fraction of sp³-hybridized carbons (Fsp3) is 0.683. The van der Waals surface area contributed by atoms with E-state index in [1.165, 1.54) is 38.1 Å². The van der Waals surface area contributed by atoms with Gasteiger partial charge in [-0.25, -0.2) is 4.79 Å². The van der Waals surface area contributed by atoms with Gasteiger partial charge in [0.15, 0.2) is 23.6 Å². The van der Waals surface area contributed by atoms with Gasteiger partial charge in [-0.2, -0.15) is 13.2 Å². The first kappa shape index (κ1) is 86.8. The van der Waals surface area contributed by atoms with E-state index in [9.17, 15) is 86.3 Å². The van der Waals surface area contributed by atoms with Crippen molar-refractivity contribution in [1.29, 1.82) is 0 Å². The molecule has 0 bridgehead atoms. The summed E-state index contributed by atoms with van der Waals surface area (Å²) in [7, 11) is 0. The van der Waals surface area contributed by atoms with E-state index >= 15 is 4.79 Å². The Kier molecular flexibility index (Phi) is 37.4. The predicted molar refractivity (Wildman–Crippen MR) is 343 cm³/mol. The van der Waals surface area contributed by atoms with E-state index in [4.69, 9.17) is 37.6 Å². The zero-order chi connectivity index (χ0) is 74.5. The molecule has 1 fully saturated rings. The van der Waals surface area contributed by atoms with Gasteiger partial charge >= 0.3 is 18.1 Å². The molecule has 1 saturated heterocycles. The summed E-state index contributed by atoms with van der Waals surface area (Å²) < 4.78 is 37.7. The molecular formula is C63H101F3N12O19. The van der Waals surface area contributed by atoms with Gasteiger partial charge < -0.3 is 90.4 Å². The maximum Gasteiger partial charge on any atom is 0.490 e. The molecule has 0 radical (unpaired) electrons. The van der Waals surface area contributed by atoms with E-state index in [1.807, 2.05) is 13.8 Å². The first-order valence-corrected chi connectivity index (χ1v) is 32.0. The average molecular weight is 1390 g/mol. The number of nitrogens with one attached hydrogen (secondary N) is 7. The standard InChI is InChI=1S/C61H100N12O17.C2HF3O2/c1-12-33(10)45-57(86)71-46(34(11)75)56(85)67-27-38(76)26-39(50(80)52(63)81)43(77)25-37(28-74)60(89)90-51(35-17-14-13-15-18-35)48(73-55(84)42(23-31(6)7)69-54(83)40(62)21-29(2)3)59(88)72-47(49(79)32(8)9)58(87)68-41(22-30(4)5)44(78)24-36(53(82)70-45)19-16-20-66-61(64)65;3-2(4,5)1(6)7/h13-15,17-18,29-34,36-37,39-42,45-51,74-75,79-80H,12,16,19-28,62H2,1-11H3,(H2,63,81)(H,67,85)(H,68,87)(H,69,83)(H,70,82)(H,71,86)(H,72,88)(H,73,84)(H4,64,65,66);(H,6,7)/t33-,34-,36-,37-,39+,40+,41-,42-,45-,46-,47-,48-,49+,50-,51+;/m0./s1. The number of cyclic esters (lactones) is 1. The summed E-state index contributed by atoms with van der Waals surface area (Å²) >= 11 is 0. The third-order valence-corrected chi connectivity index (χ3v) is 15.6. The van der Waals surface area contributed by atoms with Crippen LogP contribution in [0.1, 0.15) is 146 Å². The van der Waals surface area contributed by atoms with E-state index < -0.39 is 211 Å². The van der Waals surface area contributed by atoms with Crippen LogP contribution in [-0.2, 0) is 67.1 Å². The van der Waals surface area contributed by atoms with Crippen LogP contribution < -0.4 is 60.2 Å². The van der Waals surface area contributed by atoms with Crippen LogP contribution in [-0.4, -0.2) is 195 Å². The number of ketones is 3. The Morgan fingerprint density at radius 3 is 1.74 bits per heavy atom. The number of carbonyl (C=O) groups is 13. The van der Waals surface area contributed by atoms with E-state index in [0.717, 1.165) is 6.92 Å². The van der Waals surface area contributed by atoms with Gasteiger partial charge in [0.1, 0.15) is 42.1 Å². The molecule has 548 valence electrons. The zero-order valence-electron chi connectivity index (χ0n) is 56.7. The van der Waals surface area contributed by atoms with Gasteiger partial charge in [0, 0.05) is 31.7 Å². The molecule has 97 heavy (non-hydrogen) atoms. The number of nitrogens with two attached hydrogens (primary N) is 4. The highest BCUT2D eigenvalue weighted by molar-refractivity contribution is 6.00. The quantitative estimate of drug-likeness (QED) is 0.0256. The summed E-state index contributed by atoms with van der Waals surface area (Å²) in [5.74, 6) is -23.4. The molecule has 0 spiro atoms. The molecule has 31 nitrogen and oxygen atoms in total. The molecule has 1 aromatic rings. The fourth-order valence-corrected chi connectivity index (χ4v) is 9.97. The van der Waals surface area contributed by atoms with Crippen molar-refractivity contribution in [2.45, 2.75) is 207 Å². The summed E-state index contributed by atoms with van der Waals surface area (Å²) in [4.78, 5) is 184. The molecule has 8 amide bonds. The average Bonchev–Trinajstić information content (AvgIpc) is 0.825. The van der Waals surface area contributed by atoms with Gasteiger partial charge in [0.25, 0.3) is 0 Å². The van der Waals surface area contributed by atoms with Crippen LogP contribution in [0.15, 0.2) is 35.3 Å². The highest BCUT2D eigenvalue weighted by Gasteiger charge is 2.44. The molecule has 1 heterocycles. The SMILES string of the molecule is CC[C@H](C)[C@@H]1NC(=O)[C@@H](CCCN=C(N)N)CC(=O)[C@H](CC(C)C)NC(=O)[C@H]([C@H](O)C(C)C)NC(=O)[C@@H](NC(=O)[C@H](CC(C)C)NC(=O)[C@H](N)CC(C)C)[C@@H](c2ccccc2)OC(=O)[C@H](CO)CC(=O)[C@H]([C@H](O)C(N)=O)CC(=O)CNC(=O)[C@H]([C@H](C)O)NC1=O.O=C(O)C(F)(F)F. The summed E-state index contributed by atoms with van der Waals surface area (Å²) in [6, 6.07) is -4.06. The molecular weight excluding hydrogens is 1290 g/mol. The molecule has 15 atom stereocenters. The summed E-state index contributed by atoms with van der Waals surface area (Å²) in [6.07, 6.45) is -15.1. The van der Waals surface area contributed by atoms with Crippen molar-refractivity contribution in [3.63, 3.8) is 0 Å². The molecule has 34 heteroatoms. The monoisotopic (exact) mass is 1390 g/mol. The van der Waals surface area contributed by atoms with Crippen molar-refractivity contribution >= 4 is 82.5 Å². The van der Waals surface area contributed by atoms with Crippen molar-refractivity contribution in [1.82, 2.24) is 37.2 Å². The second-order valence-electron chi connectivity index (χ2n) is 25.8. The Hall–Kier alpha value is -8.21. The second kappa shape index (κ2) is 41.8. The Morgan fingerprint density at radius 2 is 1.25 bits per heavy atom. The lowest BCUT2D eigenvalue weighted by Gasteiger charge is -2.33. The van der Waals surface area contributed by atoms with Crippen LogP contribution >= 0.6 is 0 Å². The number of aliphatic hydroxyl groups excluding tert-OH is 4. The minimum Gasteiger partial charge on any atom is -0.475 e. The minimum absolute atomic E-state index is 0.000142. The number of aliphatic hydroxyl groups is 4. The Balaban J connectivity index is 0.00000634. The number of halogens is 3. The van der Waals surface area contributed by atoms with Gasteiger partial charge in [0.05, 0.1) is 49.3 Å². The number of aliphatic carboxylic acids is 1. The number of carboxylic acids is 1. The van der Waals surface area contributed by atoms with Crippen LogP contribution in [0.3, 0.4) is 0 Å². The minimum atomic E-state index is -5.08. The number of guanidine groups is 1. The largest absolute Gasteiger partial charge is 0.490 e. The molecule has 0 unspecified atom stereocenters. The van der Waals surface area contributed by atoms with Crippen LogP contribution in [0.2, 0.25) is 0 Å². The Bertz CT molecular complexity index is 2860. The van der Waals surface area contributed by atoms with Crippen LogP contribution in [0.25, 0.3) is 0 Å². The van der Waals surface area contributed by atoms with Crippen LogP contribution in [0, 0.1) is 47.3 Å². The molecule has 1 aromatic carbocycles. The molecule has 1 aliphatic heterocycles. The number of alkyl halides is 3. The third-order valence-electron chi connectivity index (χ3n) is 15.6. The van der Waals surface area contributed by atoms with Crippen molar-refractivity contribution < 1.29 is 106 Å². The maximum atomic E-state index is 15.4. The third kappa shape index (κ3) is 30.4. The number of carbonyl (C=O) groups excluding carboxylic acids is 12. The molecule has 20 N–H and O–H groups in total. The second-order valence-corrected chi connectivity index (χ2v) is 25.8. The number of amides is 8. The maximum absolute atomic E-state index is 15.4. The number of benzene rings is 1. The topological polar surface area (TPSA) is 533 Å². The highest BCUT2D eigenvalue weighted by Crippen LogP contribution is 2.28. The number of hydrogen-bond donors (Lipinski definition) is 16. The van der Waals surface area contributed by atoms with Crippen molar-refractivity contribution in [2.24, 2.45) is 75.3 Å². The Morgan fingerprint density at radius 1 is 0.701 bits per heavy atom. The van der Waals surface area contributed by atoms with Crippen molar-refractivity contribution in [3.8, 4) is 0 Å². The smallest absolute Gasteiger partial charge is 0.475 e. The highest BCUT2D eigenvalue weighted by atomic mass is 19.4. The van der Waals surface area contributed by atoms with Crippen molar-refractivity contribution in [3.05, 3.63) is 35.9 Å². The summed E-state index contributed by atoms with van der Waals surface area (Å²) in [6.45, 7) is 16.0. The predicted octanol–water partition coefficient (Wildman–Crippen LogP) is -1.53. The normalized spacial score (nSPS) is 24.0. The van der Waals surface area contributed by atoms with E-state index in [0.29, 0.717) is 0 Å². The number of nitrogens with zero attached hydrogens (tertiary/aromatic N) is 1. The fourth-order valence-electron chi connectivity index (χ4n) is 9.97. The first-order valence-electron chi connectivity index (χ1n) is 32.0. The first-order chi connectivity index (χ1) is 45.0. The van der Waals surface area contributed by atoms with Crippen LogP contribution in [0.4, 0.5) is 13.2 Å². The number of Topliss-reactive ketones (excluding diaryl/α,β-unsaturated/α-hetero) is 3. The molecule has 2 rings (SSSR count). The molecule has 0 aliphatic carbocycles. The van der Waals surface area contributed by atoms with E-state index in [1.54, 1.807) is 47.6 Å². The number of esters is 1.